The Labute approximate surface area is 88.0 Å². The highest BCUT2D eigenvalue weighted by Gasteiger charge is 2.17. The molecule has 0 aromatic heterocycles. The molecule has 0 heterocycles. The molecule has 1 aromatic carbocycles. The Kier molecular flexibility index (Phi) is 3.15. The highest BCUT2D eigenvalue weighted by atomic mass is 19.2. The third-order valence-electron chi connectivity index (χ3n) is 1.56. The SMILES string of the molecule is NC(=O)C#Cc1cc(F)c(F)cc1[N+](=O)[O-]. The molecule has 0 saturated heterocycles. The maximum Gasteiger partial charge on any atom is 0.293 e. The third-order valence-corrected chi connectivity index (χ3v) is 1.56. The molecule has 2 N–H and O–H groups in total. The molecule has 1 rings (SSSR count). The first kappa shape index (κ1) is 11.6. The van der Waals surface area contributed by atoms with Crippen LogP contribution in [0.25, 0.3) is 0 Å². The average Bonchev–Trinajstić information content (AvgIpc) is 2.18. The number of rotatable bonds is 1. The Morgan fingerprint density at radius 2 is 1.94 bits per heavy atom. The van der Waals surface area contributed by atoms with Gasteiger partial charge in [0.15, 0.2) is 11.6 Å². The van der Waals surface area contributed by atoms with E-state index in [1.165, 1.54) is 0 Å². The molecule has 1 aromatic rings. The van der Waals surface area contributed by atoms with Crippen molar-refractivity contribution in [3.63, 3.8) is 0 Å². The zero-order chi connectivity index (χ0) is 12.3. The highest BCUT2D eigenvalue weighted by Crippen LogP contribution is 2.21. The minimum absolute atomic E-state index is 0.389. The monoisotopic (exact) mass is 226 g/mol. The lowest BCUT2D eigenvalue weighted by Gasteiger charge is -1.96. The quantitative estimate of drug-likeness (QED) is 0.434. The number of nitro benzene ring substituents is 1. The lowest BCUT2D eigenvalue weighted by Crippen LogP contribution is -2.06. The molecule has 0 atom stereocenters. The van der Waals surface area contributed by atoms with Crippen LogP contribution in [0.3, 0.4) is 0 Å². The van der Waals surface area contributed by atoms with Crippen molar-refractivity contribution in [2.24, 2.45) is 5.73 Å². The van der Waals surface area contributed by atoms with Crippen molar-refractivity contribution < 1.29 is 18.5 Å². The van der Waals surface area contributed by atoms with Gasteiger partial charge in [0.2, 0.25) is 0 Å². The number of nitrogens with zero attached hydrogens (tertiary/aromatic N) is 1. The van der Waals surface area contributed by atoms with Crippen molar-refractivity contribution in [1.29, 1.82) is 0 Å². The zero-order valence-corrected chi connectivity index (χ0v) is 7.66. The van der Waals surface area contributed by atoms with Gasteiger partial charge in [-0.15, -0.1) is 0 Å². The van der Waals surface area contributed by atoms with Gasteiger partial charge in [-0.05, 0) is 12.0 Å². The average molecular weight is 226 g/mol. The Morgan fingerprint density at radius 1 is 1.38 bits per heavy atom. The molecular weight excluding hydrogens is 222 g/mol. The third kappa shape index (κ3) is 2.51. The molecule has 0 saturated carbocycles. The molecule has 0 aliphatic heterocycles. The summed E-state index contributed by atoms with van der Waals surface area (Å²) in [6, 6.07) is 0.920. The smallest absolute Gasteiger partial charge is 0.293 e. The molecule has 0 radical (unpaired) electrons. The fourth-order valence-electron chi connectivity index (χ4n) is 0.916. The van der Waals surface area contributed by atoms with Gasteiger partial charge in [-0.1, -0.05) is 0 Å². The largest absolute Gasteiger partial charge is 0.359 e. The Balaban J connectivity index is 3.38. The van der Waals surface area contributed by atoms with Gasteiger partial charge >= 0.3 is 0 Å². The maximum absolute atomic E-state index is 12.8. The van der Waals surface area contributed by atoms with Crippen LogP contribution in [0.5, 0.6) is 0 Å². The van der Waals surface area contributed by atoms with Crippen LogP contribution in [0.1, 0.15) is 5.56 Å². The van der Waals surface area contributed by atoms with Gasteiger partial charge < -0.3 is 5.73 Å². The second-order valence-corrected chi connectivity index (χ2v) is 2.65. The van der Waals surface area contributed by atoms with Gasteiger partial charge in [0, 0.05) is 5.92 Å². The summed E-state index contributed by atoms with van der Waals surface area (Å²) in [5.41, 5.74) is 3.54. The van der Waals surface area contributed by atoms with E-state index < -0.39 is 33.7 Å². The van der Waals surface area contributed by atoms with Gasteiger partial charge in [-0.3, -0.25) is 14.9 Å². The first-order valence-corrected chi connectivity index (χ1v) is 3.86. The second-order valence-electron chi connectivity index (χ2n) is 2.65. The Morgan fingerprint density at radius 3 is 2.44 bits per heavy atom. The van der Waals surface area contributed by atoms with Crippen molar-refractivity contribution >= 4 is 11.6 Å². The van der Waals surface area contributed by atoms with E-state index in [0.717, 1.165) is 0 Å². The normalized spacial score (nSPS) is 9.12. The predicted octanol–water partition coefficient (Wildman–Crippen LogP) is 0.710. The van der Waals surface area contributed by atoms with Crippen molar-refractivity contribution in [1.82, 2.24) is 0 Å². The van der Waals surface area contributed by atoms with Crippen molar-refractivity contribution in [2.45, 2.75) is 0 Å². The second kappa shape index (κ2) is 4.35. The molecular formula is C9H4F2N2O3. The van der Waals surface area contributed by atoms with E-state index in [1.54, 1.807) is 5.92 Å². The van der Waals surface area contributed by atoms with Gasteiger partial charge in [-0.2, -0.15) is 0 Å². The minimum Gasteiger partial charge on any atom is -0.359 e. The molecule has 16 heavy (non-hydrogen) atoms. The fraction of sp³-hybridized carbons (Fsp3) is 0. The summed E-state index contributed by atoms with van der Waals surface area (Å²) in [5, 5.41) is 10.5. The molecule has 7 heteroatoms. The first-order valence-electron chi connectivity index (χ1n) is 3.86. The number of amides is 1. The molecule has 0 fully saturated rings. The number of carbonyl (C=O) groups is 1. The summed E-state index contributed by atoms with van der Waals surface area (Å²) in [5.74, 6) is 0.103. The first-order chi connectivity index (χ1) is 7.41. The van der Waals surface area contributed by atoms with E-state index in [2.05, 4.69) is 5.73 Å². The van der Waals surface area contributed by atoms with Gasteiger partial charge in [-0.25, -0.2) is 8.78 Å². The standard InChI is InChI=1S/C9H4F2N2O3/c10-6-3-5(1-2-9(12)14)8(13(15)16)4-7(6)11/h3-4H,(H2,12,14). The van der Waals surface area contributed by atoms with Crippen molar-refractivity contribution in [3.05, 3.63) is 39.4 Å². The van der Waals surface area contributed by atoms with Crippen molar-refractivity contribution in [3.8, 4) is 11.8 Å². The van der Waals surface area contributed by atoms with E-state index in [-0.39, 0.29) is 0 Å². The number of hydrogen-bond donors (Lipinski definition) is 1. The number of nitro groups is 1. The van der Waals surface area contributed by atoms with E-state index in [0.29, 0.717) is 12.1 Å². The number of halogens is 2. The summed E-state index contributed by atoms with van der Waals surface area (Å²) in [6.45, 7) is 0. The van der Waals surface area contributed by atoms with Crippen LogP contribution in [0.15, 0.2) is 12.1 Å². The Bertz CT molecular complexity index is 532. The van der Waals surface area contributed by atoms with E-state index in [4.69, 9.17) is 0 Å². The minimum atomic E-state index is -1.36. The molecule has 5 nitrogen and oxygen atoms in total. The summed E-state index contributed by atoms with van der Waals surface area (Å²) in [4.78, 5) is 19.8. The molecule has 82 valence electrons. The van der Waals surface area contributed by atoms with E-state index in [1.807, 2.05) is 5.92 Å². The number of benzene rings is 1. The Hall–Kier alpha value is -2.49. The van der Waals surface area contributed by atoms with Crippen LogP contribution in [0.4, 0.5) is 14.5 Å². The van der Waals surface area contributed by atoms with Crippen LogP contribution >= 0.6 is 0 Å². The van der Waals surface area contributed by atoms with Crippen LogP contribution < -0.4 is 5.73 Å². The number of carbonyl (C=O) groups excluding carboxylic acids is 1. The fourth-order valence-corrected chi connectivity index (χ4v) is 0.916. The van der Waals surface area contributed by atoms with Crippen LogP contribution in [0.2, 0.25) is 0 Å². The summed E-state index contributed by atoms with van der Waals surface area (Å²) >= 11 is 0. The summed E-state index contributed by atoms with van der Waals surface area (Å²) < 4.78 is 25.5. The molecule has 0 unspecified atom stereocenters. The van der Waals surface area contributed by atoms with Crippen molar-refractivity contribution in [2.75, 3.05) is 0 Å². The maximum atomic E-state index is 12.8. The highest BCUT2D eigenvalue weighted by molar-refractivity contribution is 5.92. The summed E-state index contributed by atoms with van der Waals surface area (Å²) in [7, 11) is 0. The van der Waals surface area contributed by atoms with Gasteiger partial charge in [0.1, 0.15) is 5.56 Å². The molecule has 0 bridgehead atoms. The molecule has 0 aliphatic carbocycles. The number of primary amides is 1. The zero-order valence-electron chi connectivity index (χ0n) is 7.66. The summed E-state index contributed by atoms with van der Waals surface area (Å²) in [6.07, 6.45) is 0. The molecule has 0 aliphatic rings. The number of nitrogens with two attached hydrogens (primary N) is 1. The lowest BCUT2D eigenvalue weighted by atomic mass is 10.1. The van der Waals surface area contributed by atoms with Gasteiger partial charge in [0.25, 0.3) is 11.6 Å². The topological polar surface area (TPSA) is 86.2 Å². The van der Waals surface area contributed by atoms with E-state index >= 15 is 0 Å². The number of hydrogen-bond acceptors (Lipinski definition) is 3. The predicted molar refractivity (Wildman–Crippen MR) is 49.1 cm³/mol. The van der Waals surface area contributed by atoms with E-state index in [9.17, 15) is 23.7 Å². The molecule has 0 spiro atoms. The van der Waals surface area contributed by atoms with Crippen LogP contribution in [-0.4, -0.2) is 10.8 Å². The van der Waals surface area contributed by atoms with Gasteiger partial charge in [0.05, 0.1) is 11.0 Å². The molecule has 1 amide bonds. The van der Waals surface area contributed by atoms with Crippen LogP contribution in [0, 0.1) is 33.6 Å². The van der Waals surface area contributed by atoms with Crippen LogP contribution in [-0.2, 0) is 4.79 Å². The lowest BCUT2D eigenvalue weighted by molar-refractivity contribution is -0.385.